The number of alkyl halides is 3. The maximum atomic E-state index is 13.1. The SMILES string of the molecule is COc1ccc(C)cc1NC(=O)Cn1nc2cc(C)nc(-c3ccc(C(F)(F)F)cc3)n2c1=O. The topological polar surface area (TPSA) is 90.5 Å². The maximum absolute atomic E-state index is 13.1. The summed E-state index contributed by atoms with van der Waals surface area (Å²) >= 11 is 0. The van der Waals surface area contributed by atoms with Crippen molar-refractivity contribution in [3.63, 3.8) is 0 Å². The Morgan fingerprint density at radius 2 is 1.79 bits per heavy atom. The molecule has 2 aromatic heterocycles. The fraction of sp³-hybridized carbons (Fsp3) is 0.217. The summed E-state index contributed by atoms with van der Waals surface area (Å²) in [4.78, 5) is 30.0. The Labute approximate surface area is 191 Å². The van der Waals surface area contributed by atoms with Crippen LogP contribution in [0, 0.1) is 13.8 Å². The standard InChI is InChI=1S/C23H20F3N5O3/c1-13-4-9-18(34-3)17(10-13)28-20(32)12-30-22(33)31-19(29-30)11-14(2)27-21(31)15-5-7-16(8-6-15)23(24,25)26/h4-11H,12H2,1-3H3,(H,28,32). The fourth-order valence-corrected chi connectivity index (χ4v) is 3.50. The number of hydrogen-bond donors (Lipinski definition) is 1. The van der Waals surface area contributed by atoms with Gasteiger partial charge in [-0.15, -0.1) is 5.10 Å². The van der Waals surface area contributed by atoms with Crippen molar-refractivity contribution in [3.8, 4) is 17.1 Å². The lowest BCUT2D eigenvalue weighted by Crippen LogP contribution is -2.29. The molecule has 0 saturated carbocycles. The quantitative estimate of drug-likeness (QED) is 0.478. The Hall–Kier alpha value is -4.15. The molecule has 0 unspecified atom stereocenters. The second-order valence-corrected chi connectivity index (χ2v) is 7.68. The van der Waals surface area contributed by atoms with Crippen LogP contribution in [0.3, 0.4) is 0 Å². The molecule has 2 heterocycles. The zero-order valence-corrected chi connectivity index (χ0v) is 18.5. The number of amides is 1. The van der Waals surface area contributed by atoms with E-state index in [4.69, 9.17) is 4.74 Å². The van der Waals surface area contributed by atoms with Gasteiger partial charge in [0.1, 0.15) is 18.1 Å². The van der Waals surface area contributed by atoms with E-state index in [-0.39, 0.29) is 18.0 Å². The van der Waals surface area contributed by atoms with Crippen molar-refractivity contribution >= 4 is 17.2 Å². The van der Waals surface area contributed by atoms with Gasteiger partial charge in [-0.3, -0.25) is 4.79 Å². The Morgan fingerprint density at radius 1 is 1.09 bits per heavy atom. The first-order chi connectivity index (χ1) is 16.1. The van der Waals surface area contributed by atoms with Crippen LogP contribution in [-0.4, -0.2) is 32.2 Å². The summed E-state index contributed by atoms with van der Waals surface area (Å²) in [5.41, 5.74) is 0.922. The predicted molar refractivity (Wildman–Crippen MR) is 119 cm³/mol. The lowest BCUT2D eigenvalue weighted by atomic mass is 10.1. The van der Waals surface area contributed by atoms with E-state index in [0.717, 1.165) is 26.8 Å². The minimum absolute atomic E-state index is 0.126. The van der Waals surface area contributed by atoms with E-state index < -0.39 is 23.3 Å². The van der Waals surface area contributed by atoms with E-state index in [2.05, 4.69) is 15.4 Å². The predicted octanol–water partition coefficient (Wildman–Crippen LogP) is 3.84. The molecule has 0 spiro atoms. The average Bonchev–Trinajstić information content (AvgIpc) is 3.07. The largest absolute Gasteiger partial charge is 0.495 e. The second kappa shape index (κ2) is 8.65. The van der Waals surface area contributed by atoms with Gasteiger partial charge in [-0.25, -0.2) is 18.9 Å². The first kappa shape index (κ1) is 23.0. The van der Waals surface area contributed by atoms with Crippen LogP contribution in [0.4, 0.5) is 18.9 Å². The number of rotatable bonds is 5. The smallest absolute Gasteiger partial charge is 0.416 e. The maximum Gasteiger partial charge on any atom is 0.416 e. The van der Waals surface area contributed by atoms with Gasteiger partial charge in [0.05, 0.1) is 18.4 Å². The molecule has 0 atom stereocenters. The monoisotopic (exact) mass is 471 g/mol. The van der Waals surface area contributed by atoms with Gasteiger partial charge in [-0.05, 0) is 43.7 Å². The van der Waals surface area contributed by atoms with E-state index in [9.17, 15) is 22.8 Å². The molecular formula is C23H20F3N5O3. The molecule has 0 saturated heterocycles. The molecule has 0 aliphatic carbocycles. The van der Waals surface area contributed by atoms with Crippen molar-refractivity contribution in [2.45, 2.75) is 26.6 Å². The molecule has 0 bridgehead atoms. The molecule has 8 nitrogen and oxygen atoms in total. The minimum Gasteiger partial charge on any atom is -0.495 e. The number of anilines is 1. The van der Waals surface area contributed by atoms with Crippen LogP contribution in [0.5, 0.6) is 5.75 Å². The summed E-state index contributed by atoms with van der Waals surface area (Å²) in [5, 5.41) is 6.92. The third kappa shape index (κ3) is 4.49. The van der Waals surface area contributed by atoms with E-state index in [1.807, 2.05) is 13.0 Å². The number of hydrogen-bond acceptors (Lipinski definition) is 5. The van der Waals surface area contributed by atoms with E-state index in [1.165, 1.54) is 19.2 Å². The molecule has 0 aliphatic rings. The molecule has 0 radical (unpaired) electrons. The summed E-state index contributed by atoms with van der Waals surface area (Å²) in [6.07, 6.45) is -4.48. The molecule has 0 fully saturated rings. The second-order valence-electron chi connectivity index (χ2n) is 7.68. The Kier molecular flexibility index (Phi) is 5.86. The normalized spacial score (nSPS) is 11.6. The van der Waals surface area contributed by atoms with Crippen molar-refractivity contribution in [1.29, 1.82) is 0 Å². The van der Waals surface area contributed by atoms with Crippen molar-refractivity contribution in [1.82, 2.24) is 19.2 Å². The molecule has 4 aromatic rings. The lowest BCUT2D eigenvalue weighted by molar-refractivity contribution is -0.137. The van der Waals surface area contributed by atoms with Gasteiger partial charge in [-0.2, -0.15) is 13.2 Å². The van der Waals surface area contributed by atoms with Gasteiger partial charge in [0.15, 0.2) is 5.65 Å². The van der Waals surface area contributed by atoms with Gasteiger partial charge >= 0.3 is 11.9 Å². The van der Waals surface area contributed by atoms with Crippen molar-refractivity contribution in [2.75, 3.05) is 12.4 Å². The third-order valence-corrected chi connectivity index (χ3v) is 5.09. The number of fused-ring (bicyclic) bond motifs is 1. The van der Waals surface area contributed by atoms with E-state index in [1.54, 1.807) is 25.1 Å². The van der Waals surface area contributed by atoms with Crippen molar-refractivity contribution < 1.29 is 22.7 Å². The van der Waals surface area contributed by atoms with Crippen LogP contribution in [0.15, 0.2) is 53.3 Å². The number of halogens is 3. The number of methoxy groups -OCH3 is 1. The van der Waals surface area contributed by atoms with Crippen LogP contribution >= 0.6 is 0 Å². The number of aromatic nitrogens is 4. The third-order valence-electron chi connectivity index (χ3n) is 5.09. The molecule has 1 amide bonds. The Bertz CT molecular complexity index is 1440. The fourth-order valence-electron chi connectivity index (χ4n) is 3.50. The molecule has 11 heteroatoms. The Balaban J connectivity index is 1.69. The van der Waals surface area contributed by atoms with Crippen molar-refractivity contribution in [3.05, 3.63) is 75.8 Å². The number of ether oxygens (including phenoxy) is 1. The first-order valence-electron chi connectivity index (χ1n) is 10.2. The molecule has 2 aromatic carbocycles. The van der Waals surface area contributed by atoms with Gasteiger partial charge in [-0.1, -0.05) is 18.2 Å². The van der Waals surface area contributed by atoms with E-state index in [0.29, 0.717) is 22.7 Å². The number of carbonyl (C=O) groups excluding carboxylic acids is 1. The van der Waals surface area contributed by atoms with Gasteiger partial charge in [0.25, 0.3) is 0 Å². The number of nitrogens with one attached hydrogen (secondary N) is 1. The van der Waals surface area contributed by atoms with Crippen LogP contribution in [0.2, 0.25) is 0 Å². The molecule has 1 N–H and O–H groups in total. The summed E-state index contributed by atoms with van der Waals surface area (Å²) < 4.78 is 46.2. The first-order valence-corrected chi connectivity index (χ1v) is 10.2. The molecule has 176 valence electrons. The molecular weight excluding hydrogens is 451 g/mol. The number of aryl methyl sites for hydroxylation is 2. The molecule has 0 aliphatic heterocycles. The van der Waals surface area contributed by atoms with Crippen LogP contribution in [0.25, 0.3) is 17.0 Å². The summed E-state index contributed by atoms with van der Waals surface area (Å²) in [5.74, 6) is 0.0848. The average molecular weight is 471 g/mol. The Morgan fingerprint density at radius 3 is 2.44 bits per heavy atom. The zero-order valence-electron chi connectivity index (χ0n) is 18.5. The molecule has 4 rings (SSSR count). The van der Waals surface area contributed by atoms with E-state index >= 15 is 0 Å². The highest BCUT2D eigenvalue weighted by molar-refractivity contribution is 5.92. The summed E-state index contributed by atoms with van der Waals surface area (Å²) in [6.45, 7) is 3.15. The van der Waals surface area contributed by atoms with Gasteiger partial charge in [0, 0.05) is 17.3 Å². The number of nitrogens with zero attached hydrogens (tertiary/aromatic N) is 4. The van der Waals surface area contributed by atoms with Gasteiger partial charge < -0.3 is 10.1 Å². The van der Waals surface area contributed by atoms with Crippen LogP contribution < -0.4 is 15.7 Å². The summed E-state index contributed by atoms with van der Waals surface area (Å²) in [7, 11) is 1.48. The molecule has 34 heavy (non-hydrogen) atoms. The highest BCUT2D eigenvalue weighted by atomic mass is 19.4. The lowest BCUT2D eigenvalue weighted by Gasteiger charge is -2.10. The van der Waals surface area contributed by atoms with Crippen molar-refractivity contribution in [2.24, 2.45) is 0 Å². The van der Waals surface area contributed by atoms with Gasteiger partial charge in [0.2, 0.25) is 5.91 Å². The number of carbonyl (C=O) groups is 1. The highest BCUT2D eigenvalue weighted by Crippen LogP contribution is 2.30. The minimum atomic E-state index is -4.48. The number of benzene rings is 2. The van der Waals surface area contributed by atoms with Crippen LogP contribution in [-0.2, 0) is 17.5 Å². The summed E-state index contributed by atoms with van der Waals surface area (Å²) in [6, 6.07) is 11.2. The zero-order chi connectivity index (χ0) is 24.6. The highest BCUT2D eigenvalue weighted by Gasteiger charge is 2.30. The van der Waals surface area contributed by atoms with Crippen LogP contribution in [0.1, 0.15) is 16.8 Å².